The summed E-state index contributed by atoms with van der Waals surface area (Å²) < 4.78 is 2.12. The zero-order chi connectivity index (χ0) is 21.7. The van der Waals surface area contributed by atoms with Crippen molar-refractivity contribution < 1.29 is 4.79 Å². The molecule has 1 aliphatic carbocycles. The van der Waals surface area contributed by atoms with Gasteiger partial charge in [0, 0.05) is 23.4 Å². The van der Waals surface area contributed by atoms with E-state index in [1.807, 2.05) is 16.2 Å². The highest BCUT2D eigenvalue weighted by Gasteiger charge is 2.27. The van der Waals surface area contributed by atoms with Crippen LogP contribution in [0.5, 0.6) is 0 Å². The molecule has 2 aliphatic rings. The largest absolute Gasteiger partial charge is 0.339 e. The highest BCUT2D eigenvalue weighted by atomic mass is 32.2. The molecule has 166 valence electrons. The molecule has 4 heterocycles. The van der Waals surface area contributed by atoms with Crippen LogP contribution in [0.2, 0.25) is 0 Å². The van der Waals surface area contributed by atoms with Crippen molar-refractivity contribution in [3.63, 3.8) is 0 Å². The van der Waals surface area contributed by atoms with Crippen LogP contribution in [0.1, 0.15) is 75.6 Å². The number of thioether (sulfide) groups is 1. The van der Waals surface area contributed by atoms with Crippen molar-refractivity contribution >= 4 is 44.9 Å². The van der Waals surface area contributed by atoms with E-state index in [4.69, 9.17) is 4.98 Å². The number of likely N-dealkylation sites (tertiary alicyclic amines) is 1. The number of hydrogen-bond donors (Lipinski definition) is 0. The molecule has 3 aromatic heterocycles. The standard InChI is InChI=1S/C23H31N5OS2/c1-13(2)20-24-22-19(16-9-8-14(3)11-17(16)31-22)21-25-26-23(28(20)21)30-12-18(29)27-10-6-5-7-15(27)4/h13-15H,5-12H2,1-4H3/t14-,15-/m1/s1. The van der Waals surface area contributed by atoms with E-state index < -0.39 is 0 Å². The second-order valence-corrected chi connectivity index (χ2v) is 11.5. The molecule has 0 bridgehead atoms. The highest BCUT2D eigenvalue weighted by Crippen LogP contribution is 2.40. The minimum Gasteiger partial charge on any atom is -0.339 e. The molecular formula is C23H31N5OS2. The first kappa shape index (κ1) is 21.2. The number of carbonyl (C=O) groups is 1. The van der Waals surface area contributed by atoms with Crippen LogP contribution in [0.25, 0.3) is 15.9 Å². The summed E-state index contributed by atoms with van der Waals surface area (Å²) in [6, 6.07) is 0.337. The summed E-state index contributed by atoms with van der Waals surface area (Å²) in [4.78, 5) is 22.6. The number of rotatable bonds is 4. The molecule has 8 heteroatoms. The first-order valence-electron chi connectivity index (χ1n) is 11.6. The van der Waals surface area contributed by atoms with Crippen LogP contribution in [0.15, 0.2) is 5.16 Å². The summed E-state index contributed by atoms with van der Waals surface area (Å²) in [6.07, 6.45) is 6.88. The van der Waals surface area contributed by atoms with Gasteiger partial charge in [0.05, 0.1) is 11.1 Å². The number of amides is 1. The maximum Gasteiger partial charge on any atom is 0.233 e. The summed E-state index contributed by atoms with van der Waals surface area (Å²) >= 11 is 3.34. The van der Waals surface area contributed by atoms with E-state index in [-0.39, 0.29) is 11.8 Å². The Balaban J connectivity index is 1.52. The lowest BCUT2D eigenvalue weighted by Gasteiger charge is -2.33. The summed E-state index contributed by atoms with van der Waals surface area (Å²) in [5, 5.41) is 11.1. The lowest BCUT2D eigenvalue weighted by molar-refractivity contribution is -0.131. The minimum absolute atomic E-state index is 0.205. The maximum atomic E-state index is 12.9. The summed E-state index contributed by atoms with van der Waals surface area (Å²) in [7, 11) is 0. The number of piperidine rings is 1. The molecule has 1 fully saturated rings. The number of fused-ring (bicyclic) bond motifs is 5. The monoisotopic (exact) mass is 457 g/mol. The topological polar surface area (TPSA) is 63.4 Å². The second-order valence-electron chi connectivity index (χ2n) is 9.52. The normalized spacial score (nSPS) is 21.9. The Hall–Kier alpha value is -1.67. The zero-order valence-electron chi connectivity index (χ0n) is 18.8. The molecule has 31 heavy (non-hydrogen) atoms. The van der Waals surface area contributed by atoms with E-state index in [0.29, 0.717) is 11.8 Å². The van der Waals surface area contributed by atoms with Gasteiger partial charge in [-0.05, 0) is 56.9 Å². The predicted molar refractivity (Wildman–Crippen MR) is 127 cm³/mol. The number of hydrogen-bond acceptors (Lipinski definition) is 6. The summed E-state index contributed by atoms with van der Waals surface area (Å²) in [6.45, 7) is 9.70. The number of aromatic nitrogens is 4. The van der Waals surface area contributed by atoms with Crippen LogP contribution in [-0.2, 0) is 17.6 Å². The van der Waals surface area contributed by atoms with E-state index in [0.717, 1.165) is 59.6 Å². The number of nitrogens with zero attached hydrogens (tertiary/aromatic N) is 5. The number of aryl methyl sites for hydroxylation is 1. The Labute approximate surface area is 191 Å². The molecule has 5 rings (SSSR count). The van der Waals surface area contributed by atoms with Crippen molar-refractivity contribution in [3.8, 4) is 0 Å². The van der Waals surface area contributed by atoms with Gasteiger partial charge in [0.1, 0.15) is 10.7 Å². The molecular weight excluding hydrogens is 426 g/mol. The molecule has 0 spiro atoms. The smallest absolute Gasteiger partial charge is 0.233 e. The molecule has 0 saturated carbocycles. The van der Waals surface area contributed by atoms with Crippen molar-refractivity contribution in [2.45, 2.75) is 83.3 Å². The van der Waals surface area contributed by atoms with Gasteiger partial charge in [-0.25, -0.2) is 4.98 Å². The zero-order valence-corrected chi connectivity index (χ0v) is 20.5. The summed E-state index contributed by atoms with van der Waals surface area (Å²) in [5.41, 5.74) is 2.34. The number of carbonyl (C=O) groups excluding carboxylic acids is 1. The molecule has 6 nitrogen and oxygen atoms in total. The van der Waals surface area contributed by atoms with Gasteiger partial charge in [-0.1, -0.05) is 32.5 Å². The van der Waals surface area contributed by atoms with Gasteiger partial charge >= 0.3 is 0 Å². The van der Waals surface area contributed by atoms with Crippen LogP contribution in [0.4, 0.5) is 0 Å². The molecule has 0 radical (unpaired) electrons. The van der Waals surface area contributed by atoms with E-state index in [9.17, 15) is 4.79 Å². The van der Waals surface area contributed by atoms with Crippen molar-refractivity contribution in [2.24, 2.45) is 5.92 Å². The highest BCUT2D eigenvalue weighted by molar-refractivity contribution is 7.99. The molecule has 0 N–H and O–H groups in total. The third-order valence-electron chi connectivity index (χ3n) is 6.76. The Morgan fingerprint density at radius 2 is 2.06 bits per heavy atom. The van der Waals surface area contributed by atoms with Crippen LogP contribution in [-0.4, -0.2) is 48.7 Å². The third-order valence-corrected chi connectivity index (χ3v) is 8.82. The predicted octanol–water partition coefficient (Wildman–Crippen LogP) is 5.08. The average Bonchev–Trinajstić information content (AvgIpc) is 3.31. The fraction of sp³-hybridized carbons (Fsp3) is 0.652. The first-order valence-corrected chi connectivity index (χ1v) is 13.4. The fourth-order valence-corrected chi connectivity index (χ4v) is 7.21. The van der Waals surface area contributed by atoms with Crippen molar-refractivity contribution in [1.29, 1.82) is 0 Å². The van der Waals surface area contributed by atoms with E-state index in [2.05, 4.69) is 42.3 Å². The lowest BCUT2D eigenvalue weighted by Crippen LogP contribution is -2.42. The third kappa shape index (κ3) is 3.75. The Bertz CT molecular complexity index is 1130. The molecule has 2 atom stereocenters. The van der Waals surface area contributed by atoms with Gasteiger partial charge in [-0.3, -0.25) is 9.20 Å². The lowest BCUT2D eigenvalue weighted by atomic mass is 9.89. The second kappa shape index (κ2) is 8.35. The van der Waals surface area contributed by atoms with Gasteiger partial charge in [0.2, 0.25) is 5.91 Å². The fourth-order valence-electron chi connectivity index (χ4n) is 5.00. The van der Waals surface area contributed by atoms with Crippen molar-refractivity contribution in [3.05, 3.63) is 16.3 Å². The van der Waals surface area contributed by atoms with Crippen LogP contribution in [0.3, 0.4) is 0 Å². The van der Waals surface area contributed by atoms with E-state index in [1.54, 1.807) is 0 Å². The quantitative estimate of drug-likeness (QED) is 0.511. The van der Waals surface area contributed by atoms with Gasteiger partial charge in [-0.15, -0.1) is 21.5 Å². The Morgan fingerprint density at radius 1 is 1.23 bits per heavy atom. The Kier molecular flexibility index (Phi) is 5.71. The molecule has 1 saturated heterocycles. The van der Waals surface area contributed by atoms with Crippen LogP contribution < -0.4 is 0 Å². The molecule has 3 aromatic rings. The van der Waals surface area contributed by atoms with Gasteiger partial charge in [-0.2, -0.15) is 0 Å². The van der Waals surface area contributed by atoms with E-state index in [1.165, 1.54) is 40.4 Å². The number of thiophene rings is 1. The minimum atomic E-state index is 0.205. The molecule has 1 aliphatic heterocycles. The molecule has 0 unspecified atom stereocenters. The van der Waals surface area contributed by atoms with Gasteiger partial charge in [0.15, 0.2) is 10.8 Å². The molecule has 0 aromatic carbocycles. The van der Waals surface area contributed by atoms with Gasteiger partial charge in [0.25, 0.3) is 0 Å². The first-order chi connectivity index (χ1) is 14.9. The molecule has 1 amide bonds. The van der Waals surface area contributed by atoms with Crippen LogP contribution in [0, 0.1) is 5.92 Å². The SMILES string of the molecule is CC(C)c1nc2sc3c(c2c2nnc(SCC(=O)N4CCCC[C@H]4C)n12)CC[C@@H](C)C3. The Morgan fingerprint density at radius 3 is 2.84 bits per heavy atom. The summed E-state index contributed by atoms with van der Waals surface area (Å²) in [5.74, 6) is 2.57. The van der Waals surface area contributed by atoms with Gasteiger partial charge < -0.3 is 4.90 Å². The van der Waals surface area contributed by atoms with Crippen molar-refractivity contribution in [2.75, 3.05) is 12.3 Å². The van der Waals surface area contributed by atoms with E-state index >= 15 is 0 Å². The average molecular weight is 458 g/mol. The maximum absolute atomic E-state index is 12.9. The van der Waals surface area contributed by atoms with Crippen molar-refractivity contribution in [1.82, 2.24) is 24.5 Å². The van der Waals surface area contributed by atoms with Crippen LogP contribution >= 0.6 is 23.1 Å².